The minimum Gasteiger partial charge on any atom is -0.382 e. The van der Waals surface area contributed by atoms with Crippen LogP contribution >= 0.6 is 11.6 Å². The molecule has 1 aromatic rings. The standard InChI is InChI=1S/C17H26ClNO/c1-2-20-10-4-6-15(13-19-17-8-9-17)11-14-5-3-7-16(18)12-14/h3,5,7,12,15,17,19H,2,4,6,8-11,13H2,1H3. The van der Waals surface area contributed by atoms with E-state index in [-0.39, 0.29) is 0 Å². The van der Waals surface area contributed by atoms with Crippen LogP contribution in [-0.4, -0.2) is 25.8 Å². The molecular weight excluding hydrogens is 270 g/mol. The van der Waals surface area contributed by atoms with Gasteiger partial charge in [-0.3, -0.25) is 0 Å². The van der Waals surface area contributed by atoms with Crippen molar-refractivity contribution in [2.45, 2.75) is 45.1 Å². The molecule has 3 heteroatoms. The van der Waals surface area contributed by atoms with Gasteiger partial charge in [0.15, 0.2) is 0 Å². The maximum atomic E-state index is 6.08. The minimum absolute atomic E-state index is 0.675. The van der Waals surface area contributed by atoms with Crippen LogP contribution < -0.4 is 5.32 Å². The summed E-state index contributed by atoms with van der Waals surface area (Å²) in [7, 11) is 0. The van der Waals surface area contributed by atoms with Gasteiger partial charge in [0.1, 0.15) is 0 Å². The Bertz CT molecular complexity index is 392. The zero-order valence-corrected chi connectivity index (χ0v) is 13.2. The molecule has 2 nitrogen and oxygen atoms in total. The quantitative estimate of drug-likeness (QED) is 0.657. The van der Waals surface area contributed by atoms with Gasteiger partial charge in [0, 0.05) is 24.3 Å². The van der Waals surface area contributed by atoms with Crippen LogP contribution in [0.3, 0.4) is 0 Å². The predicted molar refractivity (Wildman–Crippen MR) is 85.4 cm³/mol. The largest absolute Gasteiger partial charge is 0.382 e. The van der Waals surface area contributed by atoms with Gasteiger partial charge in [0.2, 0.25) is 0 Å². The van der Waals surface area contributed by atoms with Gasteiger partial charge in [-0.05, 0) is 69.2 Å². The van der Waals surface area contributed by atoms with Crippen molar-refractivity contribution in [3.05, 3.63) is 34.9 Å². The fourth-order valence-corrected chi connectivity index (χ4v) is 2.73. The van der Waals surface area contributed by atoms with Gasteiger partial charge in [-0.15, -0.1) is 0 Å². The van der Waals surface area contributed by atoms with E-state index in [1.54, 1.807) is 0 Å². The van der Waals surface area contributed by atoms with Gasteiger partial charge >= 0.3 is 0 Å². The Morgan fingerprint density at radius 1 is 1.40 bits per heavy atom. The van der Waals surface area contributed by atoms with Crippen LogP contribution in [0, 0.1) is 5.92 Å². The van der Waals surface area contributed by atoms with E-state index in [0.29, 0.717) is 5.92 Å². The summed E-state index contributed by atoms with van der Waals surface area (Å²) in [5.74, 6) is 0.675. The molecule has 112 valence electrons. The first-order chi connectivity index (χ1) is 9.78. The Morgan fingerprint density at radius 3 is 2.95 bits per heavy atom. The van der Waals surface area contributed by atoms with E-state index in [0.717, 1.165) is 43.7 Å². The summed E-state index contributed by atoms with van der Waals surface area (Å²) < 4.78 is 5.45. The van der Waals surface area contributed by atoms with Gasteiger partial charge in [-0.1, -0.05) is 23.7 Å². The Morgan fingerprint density at radius 2 is 2.25 bits per heavy atom. The highest BCUT2D eigenvalue weighted by Crippen LogP contribution is 2.21. The van der Waals surface area contributed by atoms with Gasteiger partial charge in [-0.2, -0.15) is 0 Å². The van der Waals surface area contributed by atoms with E-state index in [1.165, 1.54) is 24.8 Å². The van der Waals surface area contributed by atoms with E-state index >= 15 is 0 Å². The third-order valence-electron chi connectivity index (χ3n) is 3.79. The smallest absolute Gasteiger partial charge is 0.0466 e. The first kappa shape index (κ1) is 15.8. The molecule has 0 bridgehead atoms. The van der Waals surface area contributed by atoms with Gasteiger partial charge in [0.05, 0.1) is 0 Å². The molecule has 1 N–H and O–H groups in total. The average Bonchev–Trinajstić information content (AvgIpc) is 3.25. The first-order valence-corrected chi connectivity index (χ1v) is 8.21. The van der Waals surface area contributed by atoms with Crippen LogP contribution in [0.2, 0.25) is 5.02 Å². The maximum Gasteiger partial charge on any atom is 0.0466 e. The van der Waals surface area contributed by atoms with Crippen molar-refractivity contribution >= 4 is 11.6 Å². The lowest BCUT2D eigenvalue weighted by Crippen LogP contribution is -2.26. The Labute approximate surface area is 127 Å². The van der Waals surface area contributed by atoms with Crippen LogP contribution in [-0.2, 0) is 11.2 Å². The van der Waals surface area contributed by atoms with Crippen LogP contribution in [0.15, 0.2) is 24.3 Å². The van der Waals surface area contributed by atoms with E-state index in [9.17, 15) is 0 Å². The summed E-state index contributed by atoms with van der Waals surface area (Å²) in [6.07, 6.45) is 6.16. The van der Waals surface area contributed by atoms with E-state index in [1.807, 2.05) is 12.1 Å². The summed E-state index contributed by atoms with van der Waals surface area (Å²) in [5, 5.41) is 4.50. The van der Waals surface area contributed by atoms with Crippen LogP contribution in [0.25, 0.3) is 0 Å². The van der Waals surface area contributed by atoms with Gasteiger partial charge in [-0.25, -0.2) is 0 Å². The number of hydrogen-bond acceptors (Lipinski definition) is 2. The van der Waals surface area contributed by atoms with Crippen molar-refractivity contribution in [1.82, 2.24) is 5.32 Å². The molecule has 0 amide bonds. The molecular formula is C17H26ClNO. The molecule has 1 aliphatic rings. The fraction of sp³-hybridized carbons (Fsp3) is 0.647. The lowest BCUT2D eigenvalue weighted by molar-refractivity contribution is 0.139. The first-order valence-electron chi connectivity index (χ1n) is 7.83. The van der Waals surface area contributed by atoms with Gasteiger partial charge in [0.25, 0.3) is 0 Å². The number of nitrogens with one attached hydrogen (secondary N) is 1. The monoisotopic (exact) mass is 295 g/mol. The maximum absolute atomic E-state index is 6.08. The molecule has 0 aliphatic heterocycles. The van der Waals surface area contributed by atoms with E-state index in [4.69, 9.17) is 16.3 Å². The summed E-state index contributed by atoms with van der Waals surface area (Å²) >= 11 is 6.08. The number of hydrogen-bond donors (Lipinski definition) is 1. The summed E-state index contributed by atoms with van der Waals surface area (Å²) in [6, 6.07) is 9.04. The molecule has 1 aromatic carbocycles. The van der Waals surface area contributed by atoms with Crippen molar-refractivity contribution in [2.24, 2.45) is 5.92 Å². The zero-order chi connectivity index (χ0) is 14.2. The normalized spacial score (nSPS) is 16.3. The number of ether oxygens (including phenoxy) is 1. The second-order valence-corrected chi connectivity index (χ2v) is 6.16. The second-order valence-electron chi connectivity index (χ2n) is 5.72. The molecule has 1 fully saturated rings. The molecule has 2 rings (SSSR count). The third-order valence-corrected chi connectivity index (χ3v) is 4.03. The highest BCUT2D eigenvalue weighted by Gasteiger charge is 2.21. The SMILES string of the molecule is CCOCCCC(CNC1CC1)Cc1cccc(Cl)c1. The molecule has 0 saturated heterocycles. The lowest BCUT2D eigenvalue weighted by Gasteiger charge is -2.18. The molecule has 1 aliphatic carbocycles. The number of benzene rings is 1. The third kappa shape index (κ3) is 6.25. The molecule has 20 heavy (non-hydrogen) atoms. The van der Waals surface area contributed by atoms with Crippen molar-refractivity contribution < 1.29 is 4.74 Å². The molecule has 0 spiro atoms. The molecule has 0 aromatic heterocycles. The van der Waals surface area contributed by atoms with Crippen molar-refractivity contribution in [2.75, 3.05) is 19.8 Å². The summed E-state index contributed by atoms with van der Waals surface area (Å²) in [4.78, 5) is 0. The topological polar surface area (TPSA) is 21.3 Å². The lowest BCUT2D eigenvalue weighted by atomic mass is 9.94. The highest BCUT2D eigenvalue weighted by atomic mass is 35.5. The Balaban J connectivity index is 1.80. The molecule has 1 atom stereocenters. The minimum atomic E-state index is 0.675. The van der Waals surface area contributed by atoms with Crippen molar-refractivity contribution in [3.63, 3.8) is 0 Å². The van der Waals surface area contributed by atoms with Crippen LogP contribution in [0.4, 0.5) is 0 Å². The summed E-state index contributed by atoms with van der Waals surface area (Å²) in [5.41, 5.74) is 1.34. The Kier molecular flexibility index (Phi) is 6.85. The van der Waals surface area contributed by atoms with E-state index < -0.39 is 0 Å². The molecule has 0 radical (unpaired) electrons. The number of rotatable bonds is 10. The van der Waals surface area contributed by atoms with E-state index in [2.05, 4.69) is 24.4 Å². The average molecular weight is 296 g/mol. The zero-order valence-electron chi connectivity index (χ0n) is 12.4. The van der Waals surface area contributed by atoms with Crippen LogP contribution in [0.5, 0.6) is 0 Å². The van der Waals surface area contributed by atoms with Gasteiger partial charge < -0.3 is 10.1 Å². The van der Waals surface area contributed by atoms with Crippen molar-refractivity contribution in [1.29, 1.82) is 0 Å². The molecule has 0 heterocycles. The highest BCUT2D eigenvalue weighted by molar-refractivity contribution is 6.30. The van der Waals surface area contributed by atoms with Crippen molar-refractivity contribution in [3.8, 4) is 0 Å². The number of halogens is 1. The molecule has 1 saturated carbocycles. The Hall–Kier alpha value is -0.570. The predicted octanol–water partition coefficient (Wildman–Crippen LogP) is 4.07. The fourth-order valence-electron chi connectivity index (χ4n) is 2.51. The second kappa shape index (κ2) is 8.66. The molecule has 1 unspecified atom stereocenters. The summed E-state index contributed by atoms with van der Waals surface area (Å²) in [6.45, 7) is 4.87. The van der Waals surface area contributed by atoms with Crippen LogP contribution in [0.1, 0.15) is 38.2 Å².